The van der Waals surface area contributed by atoms with E-state index in [0.717, 1.165) is 5.56 Å². The van der Waals surface area contributed by atoms with Crippen LogP contribution >= 0.6 is 12.6 Å². The predicted octanol–water partition coefficient (Wildman–Crippen LogP) is 1.58. The Labute approximate surface area is 113 Å². The van der Waals surface area contributed by atoms with E-state index in [9.17, 15) is 14.4 Å². The van der Waals surface area contributed by atoms with Gasteiger partial charge in [0.05, 0.1) is 7.11 Å². The van der Waals surface area contributed by atoms with Crippen molar-refractivity contribution >= 4 is 34.7 Å². The molecule has 1 heterocycles. The van der Waals surface area contributed by atoms with E-state index in [1.807, 2.05) is 0 Å². The molecule has 0 aliphatic rings. The molecule has 2 aromatic rings. The molecule has 0 radical (unpaired) electrons. The van der Waals surface area contributed by atoms with Gasteiger partial charge in [-0.2, -0.15) is 0 Å². The highest BCUT2D eigenvalue weighted by Crippen LogP contribution is 2.17. The maximum Gasteiger partial charge on any atom is 0.351 e. The molecule has 0 saturated heterocycles. The number of hydrogen-bond acceptors (Lipinski definition) is 5. The molecule has 0 bridgehead atoms. The van der Waals surface area contributed by atoms with Crippen LogP contribution in [0.2, 0.25) is 0 Å². The maximum absolute atomic E-state index is 11.6. The second-order valence-electron chi connectivity index (χ2n) is 3.88. The molecule has 0 fully saturated rings. The number of methoxy groups -OCH3 is 1. The first-order valence-electron chi connectivity index (χ1n) is 5.38. The van der Waals surface area contributed by atoms with Gasteiger partial charge in [-0.25, -0.2) is 9.59 Å². The molecular weight excluding hydrogens is 268 g/mol. The van der Waals surface area contributed by atoms with Crippen LogP contribution in [-0.4, -0.2) is 18.2 Å². The van der Waals surface area contributed by atoms with E-state index in [0.29, 0.717) is 11.0 Å². The highest BCUT2D eigenvalue weighted by Gasteiger charge is 2.14. The molecule has 19 heavy (non-hydrogen) atoms. The van der Waals surface area contributed by atoms with Gasteiger partial charge in [-0.3, -0.25) is 4.79 Å². The van der Waals surface area contributed by atoms with Gasteiger partial charge < -0.3 is 9.15 Å². The lowest BCUT2D eigenvalue weighted by atomic mass is 10.1. The van der Waals surface area contributed by atoms with Crippen LogP contribution in [0, 0.1) is 0 Å². The number of carbonyl (C=O) groups is 2. The van der Waals surface area contributed by atoms with Gasteiger partial charge in [-0.1, -0.05) is 6.07 Å². The van der Waals surface area contributed by atoms with Gasteiger partial charge in [0.2, 0.25) is 0 Å². The lowest BCUT2D eigenvalue weighted by molar-refractivity contribution is -0.110. The molecular formula is C13H10O5S. The van der Waals surface area contributed by atoms with Crippen molar-refractivity contribution in [2.24, 2.45) is 0 Å². The number of benzene rings is 1. The topological polar surface area (TPSA) is 73.6 Å². The minimum absolute atomic E-state index is 0.158. The Morgan fingerprint density at radius 2 is 2.05 bits per heavy atom. The van der Waals surface area contributed by atoms with E-state index < -0.39 is 11.6 Å². The molecule has 0 amide bonds. The molecule has 0 aliphatic carbocycles. The Balaban J connectivity index is 2.58. The highest BCUT2D eigenvalue weighted by molar-refractivity contribution is 7.96. The van der Waals surface area contributed by atoms with E-state index in [2.05, 4.69) is 17.4 Å². The van der Waals surface area contributed by atoms with Crippen LogP contribution in [0.3, 0.4) is 0 Å². The van der Waals surface area contributed by atoms with Gasteiger partial charge in [0.25, 0.3) is 0 Å². The van der Waals surface area contributed by atoms with E-state index in [-0.39, 0.29) is 17.1 Å². The van der Waals surface area contributed by atoms with Crippen molar-refractivity contribution in [1.82, 2.24) is 0 Å². The summed E-state index contributed by atoms with van der Waals surface area (Å²) in [5.41, 5.74) is 0.131. The second-order valence-corrected chi connectivity index (χ2v) is 4.38. The summed E-state index contributed by atoms with van der Waals surface area (Å²) in [6, 6.07) is 6.29. The van der Waals surface area contributed by atoms with Gasteiger partial charge >= 0.3 is 11.6 Å². The third-order valence-corrected chi connectivity index (χ3v) is 2.72. The fourth-order valence-corrected chi connectivity index (χ4v) is 1.89. The molecule has 1 aromatic carbocycles. The average Bonchev–Trinajstić information content (AvgIpc) is 2.36. The standard InChI is InChI=1S/C13H10O5S/c1-17-12(15)9-6-8-4-7(5-11(14)19)2-3-10(8)18-13(9)16/h2-4,6H,5H2,1H3,(H,14,19). The zero-order chi connectivity index (χ0) is 14.0. The van der Waals surface area contributed by atoms with E-state index >= 15 is 0 Å². The molecule has 0 spiro atoms. The van der Waals surface area contributed by atoms with Crippen LogP contribution in [0.4, 0.5) is 0 Å². The number of thiol groups is 1. The number of esters is 1. The Kier molecular flexibility index (Phi) is 3.71. The molecule has 0 atom stereocenters. The van der Waals surface area contributed by atoms with Crippen molar-refractivity contribution in [1.29, 1.82) is 0 Å². The molecule has 2 rings (SSSR count). The first-order chi connectivity index (χ1) is 9.01. The number of rotatable bonds is 3. The van der Waals surface area contributed by atoms with E-state index in [1.165, 1.54) is 13.2 Å². The van der Waals surface area contributed by atoms with Crippen molar-refractivity contribution in [2.75, 3.05) is 7.11 Å². The average molecular weight is 278 g/mol. The summed E-state index contributed by atoms with van der Waals surface area (Å²) in [6.45, 7) is 0. The summed E-state index contributed by atoms with van der Waals surface area (Å²) in [5, 5.41) is 0.275. The quantitative estimate of drug-likeness (QED) is 0.524. The van der Waals surface area contributed by atoms with Crippen LogP contribution in [0.25, 0.3) is 11.0 Å². The zero-order valence-corrected chi connectivity index (χ0v) is 10.9. The first kappa shape index (κ1) is 13.4. The Morgan fingerprint density at radius 1 is 1.32 bits per heavy atom. The second kappa shape index (κ2) is 5.27. The number of carbonyl (C=O) groups excluding carboxylic acids is 2. The van der Waals surface area contributed by atoms with Crippen molar-refractivity contribution < 1.29 is 18.7 Å². The molecule has 1 aromatic heterocycles. The maximum atomic E-state index is 11.6. The smallest absolute Gasteiger partial charge is 0.351 e. The zero-order valence-electron chi connectivity index (χ0n) is 10.0. The molecule has 6 heteroatoms. The van der Waals surface area contributed by atoms with Gasteiger partial charge in [-0.05, 0) is 23.8 Å². The minimum Gasteiger partial charge on any atom is -0.465 e. The number of fused-ring (bicyclic) bond motifs is 1. The first-order valence-corrected chi connectivity index (χ1v) is 5.83. The largest absolute Gasteiger partial charge is 0.465 e. The highest BCUT2D eigenvalue weighted by atomic mass is 32.1. The van der Waals surface area contributed by atoms with E-state index in [4.69, 9.17) is 4.42 Å². The van der Waals surface area contributed by atoms with Crippen LogP contribution in [0.1, 0.15) is 15.9 Å². The third kappa shape index (κ3) is 2.85. The Bertz CT molecular complexity index is 717. The molecule has 5 nitrogen and oxygen atoms in total. The Hall–Kier alpha value is -2.08. The van der Waals surface area contributed by atoms with Gasteiger partial charge in [-0.15, -0.1) is 12.6 Å². The van der Waals surface area contributed by atoms with Crippen molar-refractivity contribution in [2.45, 2.75) is 6.42 Å². The van der Waals surface area contributed by atoms with Crippen LogP contribution < -0.4 is 5.63 Å². The molecule has 0 unspecified atom stereocenters. The lowest BCUT2D eigenvalue weighted by Gasteiger charge is -2.03. The monoisotopic (exact) mass is 278 g/mol. The van der Waals surface area contributed by atoms with Crippen molar-refractivity contribution in [3.63, 3.8) is 0 Å². The summed E-state index contributed by atoms with van der Waals surface area (Å²) in [4.78, 5) is 33.9. The van der Waals surface area contributed by atoms with Gasteiger partial charge in [0, 0.05) is 11.8 Å². The molecule has 0 aliphatic heterocycles. The van der Waals surface area contributed by atoms with Crippen LogP contribution in [0.5, 0.6) is 0 Å². The molecule has 0 saturated carbocycles. The van der Waals surface area contributed by atoms with Crippen LogP contribution in [0.15, 0.2) is 33.5 Å². The lowest BCUT2D eigenvalue weighted by Crippen LogP contribution is -2.14. The van der Waals surface area contributed by atoms with Gasteiger partial charge in [0.1, 0.15) is 11.1 Å². The predicted molar refractivity (Wildman–Crippen MR) is 71.5 cm³/mol. The molecule has 98 valence electrons. The van der Waals surface area contributed by atoms with Crippen LogP contribution in [-0.2, 0) is 16.0 Å². The summed E-state index contributed by atoms with van der Waals surface area (Å²) in [5.74, 6) is -0.758. The van der Waals surface area contributed by atoms with E-state index in [1.54, 1.807) is 18.2 Å². The Morgan fingerprint density at radius 3 is 2.68 bits per heavy atom. The normalized spacial score (nSPS) is 10.4. The summed E-state index contributed by atoms with van der Waals surface area (Å²) >= 11 is 3.70. The van der Waals surface area contributed by atoms with Crippen molar-refractivity contribution in [3.05, 3.63) is 45.8 Å². The third-order valence-electron chi connectivity index (χ3n) is 2.56. The summed E-state index contributed by atoms with van der Waals surface area (Å²) in [6.07, 6.45) is 0.158. The fraction of sp³-hybridized carbons (Fsp3) is 0.154. The summed E-state index contributed by atoms with van der Waals surface area (Å²) in [7, 11) is 1.18. The number of ether oxygens (including phenoxy) is 1. The van der Waals surface area contributed by atoms with Gasteiger partial charge in [0.15, 0.2) is 5.12 Å². The fourth-order valence-electron chi connectivity index (χ4n) is 1.71. The SMILES string of the molecule is COC(=O)c1cc2cc(CC(=O)S)ccc2oc1=O. The summed E-state index contributed by atoms with van der Waals surface area (Å²) < 4.78 is 9.51. The van der Waals surface area contributed by atoms with Crippen molar-refractivity contribution in [3.8, 4) is 0 Å². The number of hydrogen-bond donors (Lipinski definition) is 1. The molecule has 0 N–H and O–H groups in total. The minimum atomic E-state index is -0.758.